The van der Waals surface area contributed by atoms with Crippen LogP contribution in [0, 0.1) is 11.3 Å². The average molecular weight is 385 g/mol. The number of benzene rings is 2. The van der Waals surface area contributed by atoms with E-state index < -0.39 is 0 Å². The maximum Gasteiger partial charge on any atom is 0.252 e. The standard InChI is InChI=1S/C22H19N5O2/c1-15(28)26-19-8-2-16(3-9-19)14-21-24-12-10-20(27-21)17-4-6-18(7-5-17)22(29)25-13-11-23/h2-10,12H,13-14H2,1H3,(H,25,29)(H,26,28). The Labute approximate surface area is 168 Å². The molecule has 29 heavy (non-hydrogen) atoms. The molecule has 0 saturated carbocycles. The van der Waals surface area contributed by atoms with Crippen molar-refractivity contribution in [3.05, 3.63) is 77.7 Å². The number of nitrogens with zero attached hydrogens (tertiary/aromatic N) is 3. The summed E-state index contributed by atoms with van der Waals surface area (Å²) in [4.78, 5) is 31.9. The van der Waals surface area contributed by atoms with Crippen molar-refractivity contribution >= 4 is 17.5 Å². The van der Waals surface area contributed by atoms with E-state index in [1.54, 1.807) is 18.3 Å². The molecule has 3 rings (SSSR count). The number of amides is 2. The lowest BCUT2D eigenvalue weighted by molar-refractivity contribution is -0.114. The number of anilines is 1. The average Bonchev–Trinajstić information content (AvgIpc) is 2.73. The van der Waals surface area contributed by atoms with Gasteiger partial charge in [0.1, 0.15) is 12.4 Å². The molecular formula is C22H19N5O2. The number of nitrogens with one attached hydrogen (secondary N) is 2. The predicted octanol–water partition coefficient (Wildman–Crippen LogP) is 2.95. The van der Waals surface area contributed by atoms with Crippen LogP contribution in [0.25, 0.3) is 11.3 Å². The summed E-state index contributed by atoms with van der Waals surface area (Å²) in [5.74, 6) is 0.275. The Bertz CT molecular complexity index is 1050. The van der Waals surface area contributed by atoms with Crippen LogP contribution in [-0.2, 0) is 11.2 Å². The molecule has 2 N–H and O–H groups in total. The molecule has 0 aliphatic heterocycles. The lowest BCUT2D eigenvalue weighted by Crippen LogP contribution is -2.23. The lowest BCUT2D eigenvalue weighted by Gasteiger charge is -2.07. The number of carbonyl (C=O) groups is 2. The van der Waals surface area contributed by atoms with Crippen LogP contribution in [0.15, 0.2) is 60.8 Å². The quantitative estimate of drug-likeness (QED) is 0.634. The van der Waals surface area contributed by atoms with Gasteiger partial charge in [0.05, 0.1) is 11.8 Å². The van der Waals surface area contributed by atoms with Gasteiger partial charge in [-0.15, -0.1) is 0 Å². The molecule has 1 heterocycles. The highest BCUT2D eigenvalue weighted by atomic mass is 16.2. The van der Waals surface area contributed by atoms with Crippen LogP contribution < -0.4 is 10.6 Å². The van der Waals surface area contributed by atoms with Crippen molar-refractivity contribution < 1.29 is 9.59 Å². The highest BCUT2D eigenvalue weighted by Gasteiger charge is 2.07. The van der Waals surface area contributed by atoms with Gasteiger partial charge in [-0.05, 0) is 35.9 Å². The summed E-state index contributed by atoms with van der Waals surface area (Å²) in [6.07, 6.45) is 2.26. The molecule has 0 radical (unpaired) electrons. The summed E-state index contributed by atoms with van der Waals surface area (Å²) < 4.78 is 0. The molecule has 7 heteroatoms. The van der Waals surface area contributed by atoms with E-state index >= 15 is 0 Å². The summed E-state index contributed by atoms with van der Waals surface area (Å²) >= 11 is 0. The summed E-state index contributed by atoms with van der Waals surface area (Å²) in [7, 11) is 0. The van der Waals surface area contributed by atoms with Gasteiger partial charge in [-0.25, -0.2) is 9.97 Å². The second kappa shape index (κ2) is 9.24. The molecule has 0 atom stereocenters. The van der Waals surface area contributed by atoms with E-state index in [2.05, 4.69) is 20.6 Å². The fourth-order valence-electron chi connectivity index (χ4n) is 2.75. The topological polar surface area (TPSA) is 108 Å². The molecule has 0 unspecified atom stereocenters. The number of carbonyl (C=O) groups excluding carboxylic acids is 2. The second-order valence-electron chi connectivity index (χ2n) is 6.33. The van der Waals surface area contributed by atoms with Crippen molar-refractivity contribution in [2.75, 3.05) is 11.9 Å². The van der Waals surface area contributed by atoms with Gasteiger partial charge >= 0.3 is 0 Å². The van der Waals surface area contributed by atoms with E-state index in [1.807, 2.05) is 48.5 Å². The van der Waals surface area contributed by atoms with Crippen LogP contribution in [0.4, 0.5) is 5.69 Å². The molecule has 0 saturated heterocycles. The molecule has 0 fully saturated rings. The van der Waals surface area contributed by atoms with Crippen LogP contribution in [0.2, 0.25) is 0 Å². The van der Waals surface area contributed by atoms with Gasteiger partial charge in [0.2, 0.25) is 5.91 Å². The minimum atomic E-state index is -0.288. The van der Waals surface area contributed by atoms with E-state index in [1.165, 1.54) is 6.92 Å². The number of rotatable bonds is 6. The van der Waals surface area contributed by atoms with Crippen LogP contribution in [0.3, 0.4) is 0 Å². The smallest absolute Gasteiger partial charge is 0.252 e. The molecule has 0 bridgehead atoms. The Morgan fingerprint density at radius 1 is 1.03 bits per heavy atom. The molecular weight excluding hydrogens is 366 g/mol. The Morgan fingerprint density at radius 3 is 2.41 bits per heavy atom. The molecule has 0 aliphatic rings. The zero-order valence-corrected chi connectivity index (χ0v) is 15.8. The number of nitriles is 1. The van der Waals surface area contributed by atoms with Crippen molar-refractivity contribution in [3.8, 4) is 17.3 Å². The Morgan fingerprint density at radius 2 is 1.76 bits per heavy atom. The third kappa shape index (κ3) is 5.47. The SMILES string of the molecule is CC(=O)Nc1ccc(Cc2nccc(-c3ccc(C(=O)NCC#N)cc3)n2)cc1. The monoisotopic (exact) mass is 385 g/mol. The van der Waals surface area contributed by atoms with Crippen molar-refractivity contribution in [2.24, 2.45) is 0 Å². The number of aromatic nitrogens is 2. The Hall–Kier alpha value is -4.05. The third-order valence-electron chi connectivity index (χ3n) is 4.11. The summed E-state index contributed by atoms with van der Waals surface area (Å²) in [5, 5.41) is 13.8. The highest BCUT2D eigenvalue weighted by Crippen LogP contribution is 2.19. The molecule has 144 valence electrons. The van der Waals surface area contributed by atoms with Crippen LogP contribution in [-0.4, -0.2) is 28.3 Å². The van der Waals surface area contributed by atoms with Gasteiger partial charge < -0.3 is 10.6 Å². The molecule has 1 aromatic heterocycles. The zero-order valence-electron chi connectivity index (χ0n) is 15.8. The van der Waals surface area contributed by atoms with Crippen molar-refractivity contribution in [1.29, 1.82) is 5.26 Å². The van der Waals surface area contributed by atoms with Gasteiger partial charge in [-0.1, -0.05) is 24.3 Å². The van der Waals surface area contributed by atoms with Gasteiger partial charge in [-0.3, -0.25) is 9.59 Å². The molecule has 0 spiro atoms. The van der Waals surface area contributed by atoms with E-state index in [4.69, 9.17) is 5.26 Å². The summed E-state index contributed by atoms with van der Waals surface area (Å²) in [6.45, 7) is 1.44. The van der Waals surface area contributed by atoms with Gasteiger partial charge in [0, 0.05) is 36.4 Å². The summed E-state index contributed by atoms with van der Waals surface area (Å²) in [6, 6.07) is 18.3. The molecule has 2 aromatic carbocycles. The van der Waals surface area contributed by atoms with Crippen LogP contribution >= 0.6 is 0 Å². The fraction of sp³-hybridized carbons (Fsp3) is 0.136. The first-order chi connectivity index (χ1) is 14.0. The normalized spacial score (nSPS) is 10.1. The Balaban J connectivity index is 1.71. The van der Waals surface area contributed by atoms with Gasteiger partial charge in [-0.2, -0.15) is 5.26 Å². The first-order valence-corrected chi connectivity index (χ1v) is 8.99. The second-order valence-corrected chi connectivity index (χ2v) is 6.33. The summed E-state index contributed by atoms with van der Waals surface area (Å²) in [5.41, 5.74) is 3.88. The molecule has 3 aromatic rings. The van der Waals surface area contributed by atoms with Gasteiger partial charge in [0.25, 0.3) is 5.91 Å². The van der Waals surface area contributed by atoms with Gasteiger partial charge in [0.15, 0.2) is 0 Å². The lowest BCUT2D eigenvalue weighted by atomic mass is 10.1. The maximum atomic E-state index is 11.9. The van der Waals surface area contributed by atoms with Crippen LogP contribution in [0.5, 0.6) is 0 Å². The fourth-order valence-corrected chi connectivity index (χ4v) is 2.75. The predicted molar refractivity (Wildman–Crippen MR) is 109 cm³/mol. The Kier molecular flexibility index (Phi) is 6.28. The highest BCUT2D eigenvalue weighted by molar-refractivity contribution is 5.94. The van der Waals surface area contributed by atoms with E-state index in [0.29, 0.717) is 17.8 Å². The van der Waals surface area contributed by atoms with E-state index in [-0.39, 0.29) is 18.4 Å². The largest absolute Gasteiger partial charge is 0.339 e. The first-order valence-electron chi connectivity index (χ1n) is 8.99. The molecule has 7 nitrogen and oxygen atoms in total. The number of hydrogen-bond donors (Lipinski definition) is 2. The number of hydrogen-bond acceptors (Lipinski definition) is 5. The zero-order chi connectivity index (χ0) is 20.6. The molecule has 0 aliphatic carbocycles. The minimum absolute atomic E-state index is 0.0261. The van der Waals surface area contributed by atoms with E-state index in [0.717, 1.165) is 22.5 Å². The first kappa shape index (κ1) is 19.7. The molecule has 2 amide bonds. The minimum Gasteiger partial charge on any atom is -0.339 e. The maximum absolute atomic E-state index is 11.9. The van der Waals surface area contributed by atoms with E-state index in [9.17, 15) is 9.59 Å². The van der Waals surface area contributed by atoms with Crippen LogP contribution in [0.1, 0.15) is 28.7 Å². The van der Waals surface area contributed by atoms with Crippen molar-refractivity contribution in [1.82, 2.24) is 15.3 Å². The van der Waals surface area contributed by atoms with Crippen molar-refractivity contribution in [3.63, 3.8) is 0 Å². The van der Waals surface area contributed by atoms with Crippen molar-refractivity contribution in [2.45, 2.75) is 13.3 Å². The third-order valence-corrected chi connectivity index (χ3v) is 4.11.